The van der Waals surface area contributed by atoms with Crippen molar-refractivity contribution in [2.24, 2.45) is 0 Å². The zero-order valence-corrected chi connectivity index (χ0v) is 7.98. The molecule has 1 aliphatic heterocycles. The Morgan fingerprint density at radius 3 is 2.23 bits per heavy atom. The molecule has 1 heterocycles. The van der Waals surface area contributed by atoms with Crippen LogP contribution in [-0.4, -0.2) is 36.5 Å². The molecule has 0 aromatic carbocycles. The number of nitrogens with zero attached hydrogens (tertiary/aromatic N) is 1. The molecular formula is C8H14F3NO. The molecule has 0 N–H and O–H groups in total. The molecule has 0 aromatic heterocycles. The Labute approximate surface area is 75.7 Å². The van der Waals surface area contributed by atoms with Gasteiger partial charge in [0, 0.05) is 12.1 Å². The first-order valence-electron chi connectivity index (χ1n) is 4.19. The number of likely N-dealkylation sites (tertiary alicyclic amines) is 1. The minimum atomic E-state index is -4.52. The fourth-order valence-corrected chi connectivity index (χ4v) is 1.56. The predicted octanol–water partition coefficient (Wildman–Crippen LogP) is 2.01. The van der Waals surface area contributed by atoms with Crippen LogP contribution in [0, 0.1) is 0 Å². The van der Waals surface area contributed by atoms with Gasteiger partial charge in [-0.3, -0.25) is 9.64 Å². The van der Waals surface area contributed by atoms with E-state index in [1.165, 1.54) is 0 Å². The van der Waals surface area contributed by atoms with Crippen LogP contribution < -0.4 is 0 Å². The summed E-state index contributed by atoms with van der Waals surface area (Å²) in [4.78, 5) is 1.88. The van der Waals surface area contributed by atoms with E-state index in [2.05, 4.69) is 4.74 Å². The van der Waals surface area contributed by atoms with Crippen molar-refractivity contribution >= 4 is 0 Å². The van der Waals surface area contributed by atoms with Crippen LogP contribution in [0.3, 0.4) is 0 Å². The van der Waals surface area contributed by atoms with Gasteiger partial charge in [-0.15, -0.1) is 13.2 Å². The Bertz CT molecular complexity index is 190. The number of hydrogen-bond acceptors (Lipinski definition) is 2. The molecule has 1 atom stereocenters. The zero-order chi connectivity index (χ0) is 10.3. The lowest BCUT2D eigenvalue weighted by atomic mass is 9.99. The first-order chi connectivity index (χ1) is 5.73. The second-order valence-electron chi connectivity index (χ2n) is 3.92. The standard InChI is InChI=1S/C8H14F3NO/c1-7(2)6(4-5-12(7)3)13-8(9,10)11/h6H,4-5H2,1-3H3/t6-/m0/s1. The molecule has 0 aromatic rings. The number of alkyl halides is 3. The molecule has 2 nitrogen and oxygen atoms in total. The second kappa shape index (κ2) is 3.13. The van der Waals surface area contributed by atoms with E-state index in [-0.39, 0.29) is 0 Å². The molecule has 0 radical (unpaired) electrons. The normalized spacial score (nSPS) is 29.5. The van der Waals surface area contributed by atoms with Crippen molar-refractivity contribution < 1.29 is 17.9 Å². The van der Waals surface area contributed by atoms with Gasteiger partial charge in [-0.25, -0.2) is 0 Å². The highest BCUT2D eigenvalue weighted by molar-refractivity contribution is 4.94. The van der Waals surface area contributed by atoms with Crippen molar-refractivity contribution in [2.75, 3.05) is 13.6 Å². The van der Waals surface area contributed by atoms with Gasteiger partial charge < -0.3 is 0 Å². The van der Waals surface area contributed by atoms with E-state index in [1.807, 2.05) is 4.90 Å². The van der Waals surface area contributed by atoms with Gasteiger partial charge in [0.25, 0.3) is 0 Å². The molecule has 0 aliphatic carbocycles. The van der Waals surface area contributed by atoms with Gasteiger partial charge in [-0.1, -0.05) is 0 Å². The third kappa shape index (κ3) is 2.34. The van der Waals surface area contributed by atoms with Crippen molar-refractivity contribution in [3.63, 3.8) is 0 Å². The molecule has 0 unspecified atom stereocenters. The first-order valence-corrected chi connectivity index (χ1v) is 4.19. The van der Waals surface area contributed by atoms with Crippen molar-refractivity contribution in [1.82, 2.24) is 4.90 Å². The summed E-state index contributed by atoms with van der Waals surface area (Å²) in [7, 11) is 1.81. The van der Waals surface area contributed by atoms with Gasteiger partial charge >= 0.3 is 6.36 Å². The van der Waals surface area contributed by atoms with Crippen molar-refractivity contribution in [1.29, 1.82) is 0 Å². The van der Waals surface area contributed by atoms with Crippen LogP contribution in [0.4, 0.5) is 13.2 Å². The minimum absolute atomic E-state index is 0.434. The molecule has 0 saturated carbocycles. The van der Waals surface area contributed by atoms with E-state index >= 15 is 0 Å². The van der Waals surface area contributed by atoms with Gasteiger partial charge in [0.1, 0.15) is 0 Å². The van der Waals surface area contributed by atoms with E-state index in [0.29, 0.717) is 13.0 Å². The molecule has 13 heavy (non-hydrogen) atoms. The van der Waals surface area contributed by atoms with E-state index in [4.69, 9.17) is 0 Å². The molecule has 0 bridgehead atoms. The lowest BCUT2D eigenvalue weighted by molar-refractivity contribution is -0.348. The Kier molecular flexibility index (Phi) is 2.60. The zero-order valence-electron chi connectivity index (χ0n) is 7.98. The Morgan fingerprint density at radius 1 is 1.38 bits per heavy atom. The van der Waals surface area contributed by atoms with Crippen LogP contribution in [0.15, 0.2) is 0 Å². The largest absolute Gasteiger partial charge is 0.522 e. The molecule has 1 saturated heterocycles. The van der Waals surface area contributed by atoms with Crippen LogP contribution in [0.25, 0.3) is 0 Å². The van der Waals surface area contributed by atoms with Gasteiger partial charge in [0.15, 0.2) is 0 Å². The number of ether oxygens (including phenoxy) is 1. The summed E-state index contributed by atoms with van der Waals surface area (Å²) in [5, 5.41) is 0. The minimum Gasteiger partial charge on any atom is -0.299 e. The monoisotopic (exact) mass is 197 g/mol. The average molecular weight is 197 g/mol. The summed E-state index contributed by atoms with van der Waals surface area (Å²) in [6, 6.07) is 0. The summed E-state index contributed by atoms with van der Waals surface area (Å²) < 4.78 is 39.9. The summed E-state index contributed by atoms with van der Waals surface area (Å²) in [6.07, 6.45) is -4.84. The molecule has 0 amide bonds. The fraction of sp³-hybridized carbons (Fsp3) is 1.00. The second-order valence-corrected chi connectivity index (χ2v) is 3.92. The van der Waals surface area contributed by atoms with E-state index in [1.54, 1.807) is 20.9 Å². The van der Waals surface area contributed by atoms with Crippen molar-refractivity contribution in [3.05, 3.63) is 0 Å². The van der Waals surface area contributed by atoms with Gasteiger partial charge in [0.05, 0.1) is 6.10 Å². The Morgan fingerprint density at radius 2 is 1.92 bits per heavy atom. The lowest BCUT2D eigenvalue weighted by Gasteiger charge is -2.33. The molecule has 1 aliphatic rings. The molecule has 0 spiro atoms. The van der Waals surface area contributed by atoms with Gasteiger partial charge in [0.2, 0.25) is 0 Å². The number of rotatable bonds is 1. The highest BCUT2D eigenvalue weighted by Gasteiger charge is 2.46. The van der Waals surface area contributed by atoms with E-state index in [0.717, 1.165) is 0 Å². The Hall–Kier alpha value is -0.290. The third-order valence-electron chi connectivity index (χ3n) is 2.77. The molecule has 78 valence electrons. The molecule has 5 heteroatoms. The maximum Gasteiger partial charge on any atom is 0.522 e. The van der Waals surface area contributed by atoms with Crippen molar-refractivity contribution in [2.45, 2.75) is 38.3 Å². The highest BCUT2D eigenvalue weighted by atomic mass is 19.4. The van der Waals surface area contributed by atoms with Gasteiger partial charge in [-0.2, -0.15) is 0 Å². The fourth-order valence-electron chi connectivity index (χ4n) is 1.56. The van der Waals surface area contributed by atoms with Crippen LogP contribution in [0.1, 0.15) is 20.3 Å². The average Bonchev–Trinajstić information content (AvgIpc) is 2.13. The lowest BCUT2D eigenvalue weighted by Crippen LogP contribution is -2.45. The topological polar surface area (TPSA) is 12.5 Å². The molecular weight excluding hydrogens is 183 g/mol. The number of likely N-dealkylation sites (N-methyl/N-ethyl adjacent to an activating group) is 1. The summed E-state index contributed by atoms with van der Waals surface area (Å²) >= 11 is 0. The molecule has 1 fully saturated rings. The Balaban J connectivity index is 2.63. The van der Waals surface area contributed by atoms with Gasteiger partial charge in [-0.05, 0) is 27.3 Å². The first kappa shape index (κ1) is 10.8. The summed E-state index contributed by atoms with van der Waals surface area (Å²) in [5.74, 6) is 0. The quantitative estimate of drug-likeness (QED) is 0.637. The highest BCUT2D eigenvalue weighted by Crippen LogP contribution is 2.33. The smallest absolute Gasteiger partial charge is 0.299 e. The van der Waals surface area contributed by atoms with Crippen LogP contribution in [0.2, 0.25) is 0 Å². The van der Waals surface area contributed by atoms with Crippen LogP contribution >= 0.6 is 0 Å². The summed E-state index contributed by atoms with van der Waals surface area (Å²) in [6.45, 7) is 4.17. The van der Waals surface area contributed by atoms with E-state index < -0.39 is 18.0 Å². The van der Waals surface area contributed by atoms with Crippen molar-refractivity contribution in [3.8, 4) is 0 Å². The van der Waals surface area contributed by atoms with E-state index in [9.17, 15) is 13.2 Å². The maximum absolute atomic E-state index is 11.9. The summed E-state index contributed by atoms with van der Waals surface area (Å²) in [5.41, 5.74) is -0.532. The molecule has 1 rings (SSSR count). The van der Waals surface area contributed by atoms with Crippen LogP contribution in [0.5, 0.6) is 0 Å². The number of hydrogen-bond donors (Lipinski definition) is 0. The van der Waals surface area contributed by atoms with Crippen LogP contribution in [-0.2, 0) is 4.74 Å². The third-order valence-corrected chi connectivity index (χ3v) is 2.77. The predicted molar refractivity (Wildman–Crippen MR) is 42.3 cm³/mol. The SMILES string of the molecule is CN1CC[C@H](OC(F)(F)F)C1(C)C. The number of halogens is 3. The maximum atomic E-state index is 11.9.